The molecule has 2 aliphatic heterocycles. The lowest BCUT2D eigenvalue weighted by Crippen LogP contribution is -2.16. The molecular formula is C41H42N4Si3. The van der Waals surface area contributed by atoms with Gasteiger partial charge in [0.05, 0.1) is 50.5 Å². The number of aromatic nitrogens is 4. The minimum Gasteiger partial charge on any atom is -0.354 e. The first kappa shape index (κ1) is 33.1. The Balaban J connectivity index is 1.83. The van der Waals surface area contributed by atoms with Crippen LogP contribution in [0.25, 0.3) is 57.5 Å². The Morgan fingerprint density at radius 3 is 1.19 bits per heavy atom. The predicted octanol–water partition coefficient (Wildman–Crippen LogP) is 10.0. The minimum atomic E-state index is -1.70. The molecule has 5 heterocycles. The third-order valence-corrected chi connectivity index (χ3v) is 10.1. The van der Waals surface area contributed by atoms with E-state index < -0.39 is 24.2 Å². The van der Waals surface area contributed by atoms with Gasteiger partial charge in [0.2, 0.25) is 0 Å². The van der Waals surface area contributed by atoms with Gasteiger partial charge in [0.25, 0.3) is 0 Å². The van der Waals surface area contributed by atoms with Crippen molar-refractivity contribution in [2.24, 2.45) is 0 Å². The van der Waals surface area contributed by atoms with Crippen molar-refractivity contribution in [3.8, 4) is 45.5 Å². The SMILES string of the molecule is C[Si](C)(C)C#Cc1c2nc(c(C#C[Si](C)(C)C)c3ccc([nH]3)c(-c3ccccc3)c3ccc([nH]3)c(C#C[Si](C)(C)C)c3nc1C=C3)C=C2. The Bertz CT molecular complexity index is 2220. The van der Waals surface area contributed by atoms with E-state index in [0.717, 1.165) is 72.7 Å². The van der Waals surface area contributed by atoms with Crippen LogP contribution < -0.4 is 0 Å². The van der Waals surface area contributed by atoms with E-state index in [-0.39, 0.29) is 0 Å². The highest BCUT2D eigenvalue weighted by Crippen LogP contribution is 2.31. The van der Waals surface area contributed by atoms with Gasteiger partial charge in [-0.3, -0.25) is 0 Å². The summed E-state index contributed by atoms with van der Waals surface area (Å²) in [6, 6.07) is 19.0. The van der Waals surface area contributed by atoms with E-state index in [4.69, 9.17) is 9.97 Å². The topological polar surface area (TPSA) is 57.4 Å². The Morgan fingerprint density at radius 1 is 0.438 bits per heavy atom. The second kappa shape index (κ2) is 12.6. The molecule has 0 aliphatic carbocycles. The molecule has 0 radical (unpaired) electrons. The maximum atomic E-state index is 5.20. The van der Waals surface area contributed by atoms with E-state index in [9.17, 15) is 0 Å². The summed E-state index contributed by atoms with van der Waals surface area (Å²) in [6.07, 6.45) is 8.25. The standard InChI is InChI=1S/C41H42N4Si3/c1-46(2,3)26-23-30-33-15-17-35(42-33)31(24-27-47(4,5)6)37-19-21-39(44-37)41(29-13-11-10-12-14-29)40-22-20-38(45-40)32(25-28-48(7,8)9)36-18-16-34(30)43-36/h10-22,44-45H,1-9H3. The van der Waals surface area contributed by atoms with Gasteiger partial charge in [-0.05, 0) is 54.1 Å². The van der Waals surface area contributed by atoms with Crippen molar-refractivity contribution in [1.82, 2.24) is 19.9 Å². The van der Waals surface area contributed by atoms with Crippen LogP contribution in [-0.2, 0) is 0 Å². The zero-order valence-corrected chi connectivity index (χ0v) is 32.4. The van der Waals surface area contributed by atoms with Gasteiger partial charge in [-0.2, -0.15) is 0 Å². The van der Waals surface area contributed by atoms with Gasteiger partial charge in [-0.1, -0.05) is 107 Å². The van der Waals surface area contributed by atoms with Crippen molar-refractivity contribution in [3.63, 3.8) is 0 Å². The van der Waals surface area contributed by atoms with E-state index in [1.807, 2.05) is 6.07 Å². The molecule has 0 fully saturated rings. The number of H-pyrrole nitrogens is 2. The molecule has 4 aromatic rings. The minimum absolute atomic E-state index is 0.806. The van der Waals surface area contributed by atoms with E-state index in [1.165, 1.54) is 0 Å². The summed E-state index contributed by atoms with van der Waals surface area (Å²) in [5, 5.41) is 0. The molecule has 3 aromatic heterocycles. The fourth-order valence-electron chi connectivity index (χ4n) is 5.26. The number of hydrogen-bond acceptors (Lipinski definition) is 2. The van der Waals surface area contributed by atoms with Crippen LogP contribution in [0.2, 0.25) is 58.9 Å². The average Bonchev–Trinajstić information content (AvgIpc) is 3.82. The summed E-state index contributed by atoms with van der Waals surface area (Å²) < 4.78 is 0. The lowest BCUT2D eigenvalue weighted by atomic mass is 10.1. The van der Waals surface area contributed by atoms with Gasteiger partial charge in [0.1, 0.15) is 24.2 Å². The number of hydrogen-bond donors (Lipinski definition) is 2. The largest absolute Gasteiger partial charge is 0.354 e. The van der Waals surface area contributed by atoms with Crippen molar-refractivity contribution in [3.05, 3.63) is 94.1 Å². The number of rotatable bonds is 1. The molecule has 2 N–H and O–H groups in total. The van der Waals surface area contributed by atoms with Crippen LogP contribution in [-0.4, -0.2) is 44.2 Å². The maximum Gasteiger partial charge on any atom is 0.129 e. The van der Waals surface area contributed by atoms with Gasteiger partial charge < -0.3 is 9.97 Å². The Morgan fingerprint density at radius 2 is 0.792 bits per heavy atom. The molecule has 7 heteroatoms. The van der Waals surface area contributed by atoms with Crippen molar-refractivity contribution >= 4 is 70.6 Å². The van der Waals surface area contributed by atoms with Crippen molar-refractivity contribution in [1.29, 1.82) is 0 Å². The van der Waals surface area contributed by atoms with Gasteiger partial charge in [0, 0.05) is 16.6 Å². The molecule has 0 saturated heterocycles. The Labute approximate surface area is 287 Å². The lowest BCUT2D eigenvalue weighted by molar-refractivity contribution is 1.25. The molecule has 4 nitrogen and oxygen atoms in total. The highest BCUT2D eigenvalue weighted by Gasteiger charge is 2.18. The maximum absolute atomic E-state index is 5.20. The third-order valence-electron chi connectivity index (χ3n) is 7.50. The monoisotopic (exact) mass is 674 g/mol. The van der Waals surface area contributed by atoms with Gasteiger partial charge in [-0.15, -0.1) is 16.6 Å². The molecule has 238 valence electrons. The number of nitrogens with one attached hydrogen (secondary N) is 2. The molecule has 6 rings (SSSR count). The fourth-order valence-corrected chi connectivity index (χ4v) is 6.76. The van der Waals surface area contributed by atoms with Crippen LogP contribution in [0.15, 0.2) is 54.6 Å². The quantitative estimate of drug-likeness (QED) is 0.135. The first-order chi connectivity index (χ1) is 22.6. The number of fused-ring (bicyclic) bond motifs is 8. The van der Waals surface area contributed by atoms with Crippen LogP contribution in [0, 0.1) is 34.4 Å². The summed E-state index contributed by atoms with van der Waals surface area (Å²) in [5.41, 5.74) is 22.6. The molecule has 48 heavy (non-hydrogen) atoms. The van der Waals surface area contributed by atoms with Crippen LogP contribution >= 0.6 is 0 Å². The third kappa shape index (κ3) is 7.65. The predicted molar refractivity (Wildman–Crippen MR) is 215 cm³/mol. The molecule has 8 bridgehead atoms. The van der Waals surface area contributed by atoms with Crippen LogP contribution in [0.3, 0.4) is 0 Å². The number of benzene rings is 1. The fraction of sp³-hybridized carbons (Fsp3) is 0.220. The normalized spacial score (nSPS) is 12.4. The van der Waals surface area contributed by atoms with E-state index in [0.29, 0.717) is 0 Å². The highest BCUT2D eigenvalue weighted by molar-refractivity contribution is 6.84. The summed E-state index contributed by atoms with van der Waals surface area (Å²) >= 11 is 0. The molecule has 1 aromatic carbocycles. The Kier molecular flexibility index (Phi) is 8.71. The molecular weight excluding hydrogens is 633 g/mol. The first-order valence-electron chi connectivity index (χ1n) is 16.4. The van der Waals surface area contributed by atoms with Crippen LogP contribution in [0.1, 0.15) is 39.5 Å². The smallest absolute Gasteiger partial charge is 0.129 e. The van der Waals surface area contributed by atoms with E-state index >= 15 is 0 Å². The summed E-state index contributed by atoms with van der Waals surface area (Å²) in [4.78, 5) is 17.9. The van der Waals surface area contributed by atoms with Crippen molar-refractivity contribution < 1.29 is 0 Å². The summed E-state index contributed by atoms with van der Waals surface area (Å²) in [7, 11) is -5.09. The molecule has 0 amide bonds. The van der Waals surface area contributed by atoms with Crippen LogP contribution in [0.4, 0.5) is 0 Å². The molecule has 0 atom stereocenters. The van der Waals surface area contributed by atoms with Crippen molar-refractivity contribution in [2.45, 2.75) is 58.9 Å². The van der Waals surface area contributed by atoms with Crippen molar-refractivity contribution in [2.75, 3.05) is 0 Å². The van der Waals surface area contributed by atoms with Gasteiger partial charge in [0.15, 0.2) is 0 Å². The van der Waals surface area contributed by atoms with Crippen LogP contribution in [0.5, 0.6) is 0 Å². The number of aromatic amines is 2. The first-order valence-corrected chi connectivity index (χ1v) is 26.9. The zero-order chi connectivity index (χ0) is 34.3. The highest BCUT2D eigenvalue weighted by atomic mass is 28.3. The zero-order valence-electron chi connectivity index (χ0n) is 29.4. The molecule has 2 aliphatic rings. The van der Waals surface area contributed by atoms with E-state index in [2.05, 4.69) is 176 Å². The second-order valence-corrected chi connectivity index (χ2v) is 29.6. The summed E-state index contributed by atoms with van der Waals surface area (Å²) in [5.74, 6) is 10.7. The average molecular weight is 675 g/mol. The summed E-state index contributed by atoms with van der Waals surface area (Å²) in [6.45, 7) is 20.4. The second-order valence-electron chi connectivity index (χ2n) is 15.4. The van der Waals surface area contributed by atoms with E-state index in [1.54, 1.807) is 0 Å². The number of nitrogens with zero attached hydrogens (tertiary/aromatic N) is 2. The van der Waals surface area contributed by atoms with Gasteiger partial charge in [-0.25, -0.2) is 9.97 Å². The Hall–Kier alpha value is -4.85. The molecule has 0 unspecified atom stereocenters. The van der Waals surface area contributed by atoms with Gasteiger partial charge >= 0.3 is 0 Å². The lowest BCUT2D eigenvalue weighted by Gasteiger charge is -2.05. The molecule has 0 saturated carbocycles. The molecule has 0 spiro atoms.